The number of nitrogens with zero attached hydrogens (tertiary/aromatic N) is 1. The van der Waals surface area contributed by atoms with Gasteiger partial charge in [-0.05, 0) is 30.7 Å². The third kappa shape index (κ3) is 4.78. The molecular formula is C21H20N2O6. The van der Waals surface area contributed by atoms with E-state index in [9.17, 15) is 19.2 Å². The highest BCUT2D eigenvalue weighted by molar-refractivity contribution is 6.21. The van der Waals surface area contributed by atoms with Gasteiger partial charge in [0.2, 0.25) is 5.91 Å². The number of fused-ring (bicyclic) bond motifs is 1. The van der Waals surface area contributed by atoms with Crippen molar-refractivity contribution in [3.8, 4) is 5.75 Å². The summed E-state index contributed by atoms with van der Waals surface area (Å²) < 4.78 is 9.78. The van der Waals surface area contributed by atoms with E-state index in [0.717, 1.165) is 0 Å². The van der Waals surface area contributed by atoms with Crippen LogP contribution in [0.3, 0.4) is 0 Å². The Morgan fingerprint density at radius 3 is 2.34 bits per heavy atom. The molecule has 1 aliphatic heterocycles. The molecule has 0 saturated carbocycles. The van der Waals surface area contributed by atoms with E-state index in [0.29, 0.717) is 29.0 Å². The number of carbonyl (C=O) groups excluding carboxylic acids is 4. The summed E-state index contributed by atoms with van der Waals surface area (Å²) in [6.45, 7) is -0.0593. The standard InChI is InChI=1S/C21H20N2O6/c1-28-19(25)13-29-15-7-4-6-14(12-15)22-18(24)10-5-11-23-20(26)16-8-2-3-9-17(16)21(23)27/h2-4,6-9,12H,5,10-11,13H2,1H3,(H,22,24). The molecule has 8 heteroatoms. The van der Waals surface area contributed by atoms with Crippen LogP contribution in [0.1, 0.15) is 33.6 Å². The van der Waals surface area contributed by atoms with Gasteiger partial charge >= 0.3 is 5.97 Å². The Bertz CT molecular complexity index is 921. The first-order valence-electron chi connectivity index (χ1n) is 9.04. The van der Waals surface area contributed by atoms with Gasteiger partial charge in [0.05, 0.1) is 18.2 Å². The Morgan fingerprint density at radius 1 is 1.00 bits per heavy atom. The molecule has 1 heterocycles. The molecule has 1 aliphatic rings. The number of esters is 1. The zero-order valence-electron chi connectivity index (χ0n) is 15.8. The average molecular weight is 396 g/mol. The van der Waals surface area contributed by atoms with Gasteiger partial charge in [-0.15, -0.1) is 0 Å². The Hall–Kier alpha value is -3.68. The molecule has 2 aromatic carbocycles. The molecule has 0 radical (unpaired) electrons. The second kappa shape index (κ2) is 9.01. The van der Waals surface area contributed by atoms with Crippen LogP contribution in [0.15, 0.2) is 48.5 Å². The number of benzene rings is 2. The van der Waals surface area contributed by atoms with E-state index in [-0.39, 0.29) is 37.3 Å². The fourth-order valence-corrected chi connectivity index (χ4v) is 2.93. The number of hydrogen-bond donors (Lipinski definition) is 1. The molecule has 0 unspecified atom stereocenters. The van der Waals surface area contributed by atoms with Gasteiger partial charge in [-0.2, -0.15) is 0 Å². The van der Waals surface area contributed by atoms with Crippen molar-refractivity contribution in [1.29, 1.82) is 0 Å². The largest absolute Gasteiger partial charge is 0.482 e. The summed E-state index contributed by atoms with van der Waals surface area (Å²) in [6.07, 6.45) is 0.483. The van der Waals surface area contributed by atoms with Gasteiger partial charge in [0.15, 0.2) is 6.61 Å². The molecule has 0 aliphatic carbocycles. The Labute approximate surface area is 167 Å². The van der Waals surface area contributed by atoms with Crippen molar-refractivity contribution in [3.05, 3.63) is 59.7 Å². The molecule has 1 N–H and O–H groups in total. The normalized spacial score (nSPS) is 12.5. The van der Waals surface area contributed by atoms with Crippen molar-refractivity contribution in [2.45, 2.75) is 12.8 Å². The molecule has 3 amide bonds. The summed E-state index contributed by atoms with van der Waals surface area (Å²) in [5.74, 6) is -1.01. The van der Waals surface area contributed by atoms with E-state index in [1.54, 1.807) is 48.5 Å². The monoisotopic (exact) mass is 396 g/mol. The molecule has 0 aromatic heterocycles. The second-order valence-electron chi connectivity index (χ2n) is 6.35. The van der Waals surface area contributed by atoms with E-state index in [1.165, 1.54) is 12.0 Å². The number of nitrogens with one attached hydrogen (secondary N) is 1. The first-order chi connectivity index (χ1) is 14.0. The van der Waals surface area contributed by atoms with Crippen LogP contribution >= 0.6 is 0 Å². The Kier molecular flexibility index (Phi) is 6.23. The van der Waals surface area contributed by atoms with Crippen LogP contribution in [0, 0.1) is 0 Å². The van der Waals surface area contributed by atoms with Gasteiger partial charge in [0, 0.05) is 24.7 Å². The van der Waals surface area contributed by atoms with Gasteiger partial charge in [0.1, 0.15) is 5.75 Å². The number of anilines is 1. The summed E-state index contributed by atoms with van der Waals surface area (Å²) >= 11 is 0. The van der Waals surface area contributed by atoms with Crippen LogP contribution in [0.4, 0.5) is 5.69 Å². The first-order valence-corrected chi connectivity index (χ1v) is 9.04. The maximum Gasteiger partial charge on any atom is 0.343 e. The maximum absolute atomic E-state index is 12.3. The summed E-state index contributed by atoms with van der Waals surface area (Å²) in [6, 6.07) is 13.3. The van der Waals surface area contributed by atoms with Crippen LogP contribution < -0.4 is 10.1 Å². The second-order valence-corrected chi connectivity index (χ2v) is 6.35. The minimum absolute atomic E-state index is 0.140. The van der Waals surface area contributed by atoms with Crippen LogP contribution in [0.5, 0.6) is 5.75 Å². The molecule has 29 heavy (non-hydrogen) atoms. The van der Waals surface area contributed by atoms with Crippen molar-refractivity contribution >= 4 is 29.4 Å². The Morgan fingerprint density at radius 2 is 1.69 bits per heavy atom. The van der Waals surface area contributed by atoms with E-state index in [1.807, 2.05) is 0 Å². The number of amides is 3. The number of hydrogen-bond acceptors (Lipinski definition) is 6. The van der Waals surface area contributed by atoms with Crippen molar-refractivity contribution in [2.75, 3.05) is 25.6 Å². The molecule has 0 bridgehead atoms. The molecule has 0 saturated heterocycles. The summed E-state index contributed by atoms with van der Waals surface area (Å²) in [4.78, 5) is 49.1. The minimum Gasteiger partial charge on any atom is -0.482 e. The lowest BCUT2D eigenvalue weighted by atomic mass is 10.1. The van der Waals surface area contributed by atoms with E-state index in [2.05, 4.69) is 10.1 Å². The lowest BCUT2D eigenvalue weighted by molar-refractivity contribution is -0.142. The topological polar surface area (TPSA) is 102 Å². The van der Waals surface area contributed by atoms with Gasteiger partial charge in [-0.1, -0.05) is 18.2 Å². The first kappa shape index (κ1) is 20.1. The molecule has 3 rings (SSSR count). The third-order valence-corrected chi connectivity index (χ3v) is 4.37. The smallest absolute Gasteiger partial charge is 0.343 e. The molecule has 8 nitrogen and oxygen atoms in total. The van der Waals surface area contributed by atoms with E-state index >= 15 is 0 Å². The predicted octanol–water partition coefficient (Wildman–Crippen LogP) is 2.25. The van der Waals surface area contributed by atoms with Gasteiger partial charge in [-0.25, -0.2) is 4.79 Å². The number of imide groups is 1. The van der Waals surface area contributed by atoms with E-state index < -0.39 is 5.97 Å². The molecular weight excluding hydrogens is 376 g/mol. The fraction of sp³-hybridized carbons (Fsp3) is 0.238. The van der Waals surface area contributed by atoms with Crippen molar-refractivity contribution in [2.24, 2.45) is 0 Å². The lowest BCUT2D eigenvalue weighted by Gasteiger charge is -2.13. The maximum atomic E-state index is 12.3. The fourth-order valence-electron chi connectivity index (χ4n) is 2.93. The zero-order chi connectivity index (χ0) is 20.8. The van der Waals surface area contributed by atoms with Crippen LogP contribution in [0.2, 0.25) is 0 Å². The highest BCUT2D eigenvalue weighted by atomic mass is 16.6. The summed E-state index contributed by atoms with van der Waals surface area (Å²) in [5, 5.41) is 2.73. The molecule has 0 atom stereocenters. The number of carbonyl (C=O) groups is 4. The van der Waals surface area contributed by atoms with Crippen LogP contribution in [-0.4, -0.2) is 48.9 Å². The SMILES string of the molecule is COC(=O)COc1cccc(NC(=O)CCCN2C(=O)c3ccccc3C2=O)c1. The summed E-state index contributed by atoms with van der Waals surface area (Å²) in [5.41, 5.74) is 1.30. The number of methoxy groups -OCH3 is 1. The van der Waals surface area contributed by atoms with Crippen molar-refractivity contribution in [3.63, 3.8) is 0 Å². The summed E-state index contributed by atoms with van der Waals surface area (Å²) in [7, 11) is 1.27. The van der Waals surface area contributed by atoms with Crippen molar-refractivity contribution in [1.82, 2.24) is 4.90 Å². The van der Waals surface area contributed by atoms with Crippen LogP contribution in [0.25, 0.3) is 0 Å². The quantitative estimate of drug-likeness (QED) is 0.542. The van der Waals surface area contributed by atoms with Crippen LogP contribution in [-0.2, 0) is 14.3 Å². The number of rotatable bonds is 8. The highest BCUT2D eigenvalue weighted by Gasteiger charge is 2.34. The van der Waals surface area contributed by atoms with E-state index in [4.69, 9.17) is 4.74 Å². The van der Waals surface area contributed by atoms with Gasteiger partial charge in [-0.3, -0.25) is 19.3 Å². The van der Waals surface area contributed by atoms with Gasteiger partial charge < -0.3 is 14.8 Å². The molecule has 0 fully saturated rings. The third-order valence-electron chi connectivity index (χ3n) is 4.37. The number of ether oxygens (including phenoxy) is 2. The minimum atomic E-state index is -0.507. The molecule has 0 spiro atoms. The van der Waals surface area contributed by atoms with Gasteiger partial charge in [0.25, 0.3) is 11.8 Å². The Balaban J connectivity index is 1.48. The lowest BCUT2D eigenvalue weighted by Crippen LogP contribution is -2.31. The predicted molar refractivity (Wildman–Crippen MR) is 104 cm³/mol. The molecule has 150 valence electrons. The zero-order valence-corrected chi connectivity index (χ0v) is 15.8. The molecule has 2 aromatic rings. The van der Waals surface area contributed by atoms with Crippen molar-refractivity contribution < 1.29 is 28.7 Å². The average Bonchev–Trinajstić information content (AvgIpc) is 2.97. The highest BCUT2D eigenvalue weighted by Crippen LogP contribution is 2.23.